The molecule has 698 valence electrons. The number of phenolic OH excluding ortho intramolecular Hbond substituents is 1. The molecule has 0 spiro atoms. The van der Waals surface area contributed by atoms with Gasteiger partial charge in [-0.2, -0.15) is 0 Å². The SMILES string of the molecule is C=C(Cl)CCl.C=C(Cl)COc1cc(Cl)cc(Br)c1.Cc1cc2c(Br)cc(Cl)cc2o1.Cc1cc2c(Cl)cc(Br)cc2o1.ClC(Cl)(Cl)Cl.Clc1cc(Br)c2cc(CBr)oc2c1.Clc1cc(Br)cc2oc(CBr)cc12.Oc1cc(Cl)cc(Br)c1.[2H]CF.[N-]=[N+]=NCc1cc2c(Br)cc(Cl)cc2o1.[N-]=[N+]=NCc1cc2c(Cl)cc(Br)cc2o1.c1ccc(P(c2ccccc2)c2ccccc2)cc1. The van der Waals surface area contributed by atoms with Crippen molar-refractivity contribution in [2.24, 2.45) is 10.2 Å². The Kier molecular flexibility index (Phi) is 53.0. The van der Waals surface area contributed by atoms with Gasteiger partial charge < -0.3 is 36.3 Å². The highest BCUT2D eigenvalue weighted by atomic mass is 79.9. The van der Waals surface area contributed by atoms with Crippen molar-refractivity contribution in [3.63, 3.8) is 0 Å². The van der Waals surface area contributed by atoms with Crippen molar-refractivity contribution < 1.29 is 42.1 Å². The smallest absolute Gasteiger partial charge is 0.266 e. The summed E-state index contributed by atoms with van der Waals surface area (Å²) in [7, 11) is -1.45. The normalized spacial score (nSPS) is 10.4. The molecule has 6 aromatic heterocycles. The molecule has 17 rings (SSSR count). The highest BCUT2D eigenvalue weighted by Crippen LogP contribution is 2.39. The number of ether oxygens (including phenoxy) is 1. The second-order valence-electron chi connectivity index (χ2n) is 25.9. The lowest BCUT2D eigenvalue weighted by atomic mass is 10.2. The van der Waals surface area contributed by atoms with E-state index in [2.05, 4.69) is 284 Å². The first-order chi connectivity index (χ1) is 63.5. The van der Waals surface area contributed by atoms with Crippen molar-refractivity contribution in [2.45, 2.75) is 40.8 Å². The van der Waals surface area contributed by atoms with Crippen LogP contribution in [-0.2, 0) is 23.7 Å². The van der Waals surface area contributed by atoms with Crippen LogP contribution in [0.15, 0.2) is 332 Å². The molecule has 11 aromatic carbocycles. The predicted octanol–water partition coefficient (Wildman–Crippen LogP) is 42.7. The molecule has 0 aliphatic carbocycles. The Morgan fingerprint density at radius 3 is 1.05 bits per heavy atom. The Labute approximate surface area is 926 Å². The third-order valence-electron chi connectivity index (χ3n) is 15.9. The average Bonchev–Trinajstić information content (AvgIpc) is 1.70. The lowest BCUT2D eigenvalue weighted by molar-refractivity contribution is 0.359. The summed E-state index contributed by atoms with van der Waals surface area (Å²) in [5.74, 6) is 5.97. The third-order valence-corrected chi connectivity index (χ3v) is 26.4. The van der Waals surface area contributed by atoms with E-state index < -0.39 is 18.3 Å². The molecule has 0 saturated carbocycles. The van der Waals surface area contributed by atoms with Gasteiger partial charge in [0.2, 0.25) is 0 Å². The summed E-state index contributed by atoms with van der Waals surface area (Å²) < 4.78 is 59.1. The number of aromatic hydroxyl groups is 1. The maximum atomic E-state index is 9.96. The number of hydrogen-bond acceptors (Lipinski definition) is 10. The number of rotatable bonds is 13. The van der Waals surface area contributed by atoms with Gasteiger partial charge in [0.15, 0.2) is 0 Å². The highest BCUT2D eigenvalue weighted by molar-refractivity contribution is 9.12. The molecule has 0 aliphatic heterocycles. The van der Waals surface area contributed by atoms with E-state index in [4.69, 9.17) is 223 Å². The molecule has 0 bridgehead atoms. The van der Waals surface area contributed by atoms with Crippen LogP contribution in [0.4, 0.5) is 4.39 Å². The molecule has 17 aromatic rings. The van der Waals surface area contributed by atoms with Crippen LogP contribution in [0, 0.1) is 13.8 Å². The molecule has 0 aliphatic rings. The molecule has 14 nitrogen and oxygen atoms in total. The van der Waals surface area contributed by atoms with Crippen LogP contribution in [-0.4, -0.2) is 28.0 Å². The van der Waals surface area contributed by atoms with E-state index in [1.165, 1.54) is 22.0 Å². The van der Waals surface area contributed by atoms with Crippen LogP contribution in [0.5, 0.6) is 11.5 Å². The topological polar surface area (TPSA) is 206 Å². The molecular weight excluding hydrogens is 2700 g/mol. The van der Waals surface area contributed by atoms with Crippen molar-refractivity contribution in [1.82, 2.24) is 0 Å². The average molecular weight is 2760 g/mol. The number of fused-ring (bicyclic) bond motifs is 6. The molecule has 1 N–H and O–H groups in total. The Balaban J connectivity index is 0.000000229. The summed E-state index contributed by atoms with van der Waals surface area (Å²) in [5, 5.41) is 33.2. The number of furan rings is 6. The van der Waals surface area contributed by atoms with Gasteiger partial charge in [-0.15, -0.1) is 11.6 Å². The van der Waals surface area contributed by atoms with Crippen LogP contribution >= 0.6 is 341 Å². The van der Waals surface area contributed by atoms with Gasteiger partial charge in [0.1, 0.15) is 86.2 Å². The number of azide groups is 2. The van der Waals surface area contributed by atoms with Gasteiger partial charge in [-0.1, -0.05) is 388 Å². The van der Waals surface area contributed by atoms with Gasteiger partial charge >= 0.3 is 0 Å². The summed E-state index contributed by atoms with van der Waals surface area (Å²) in [4.78, 5) is 5.33. The number of halogens is 26. The molecule has 0 radical (unpaired) electrons. The van der Waals surface area contributed by atoms with Crippen LogP contribution < -0.4 is 20.7 Å². The first kappa shape index (κ1) is 116. The van der Waals surface area contributed by atoms with E-state index in [1.807, 2.05) is 105 Å². The van der Waals surface area contributed by atoms with Crippen molar-refractivity contribution in [3.8, 4) is 11.5 Å². The van der Waals surface area contributed by atoms with Crippen molar-refractivity contribution in [2.75, 3.05) is 19.6 Å². The molecule has 0 saturated heterocycles. The minimum Gasteiger partial charge on any atom is -0.508 e. The predicted molar refractivity (Wildman–Crippen MR) is 598 cm³/mol. The lowest BCUT2D eigenvalue weighted by Gasteiger charge is -2.18. The second-order valence-corrected chi connectivity index (χ2v) is 44.5. The van der Waals surface area contributed by atoms with E-state index in [9.17, 15) is 4.39 Å². The van der Waals surface area contributed by atoms with Crippen molar-refractivity contribution in [3.05, 3.63) is 391 Å². The number of phenols is 1. The van der Waals surface area contributed by atoms with E-state index >= 15 is 0 Å². The maximum Gasteiger partial charge on any atom is 0.266 e. The lowest BCUT2D eigenvalue weighted by Crippen LogP contribution is -2.20. The zero-order valence-corrected chi connectivity index (χ0v) is 96.2. The zero-order chi connectivity index (χ0) is 99.1. The van der Waals surface area contributed by atoms with Crippen LogP contribution in [0.2, 0.25) is 40.2 Å². The summed E-state index contributed by atoms with van der Waals surface area (Å²) in [6, 6.07) is 75.9. The van der Waals surface area contributed by atoms with Gasteiger partial charge in [0.05, 0.1) is 53.2 Å². The number of aryl methyl sites for hydroxylation is 2. The number of benzene rings is 11. The van der Waals surface area contributed by atoms with Crippen LogP contribution in [0.3, 0.4) is 0 Å². The Morgan fingerprint density at radius 2 is 0.707 bits per heavy atom. The molecular formula is C92H65Br10Cl15FN6O8P. The Bertz CT molecular complexity index is 6380. The second kappa shape index (κ2) is 60.9. The van der Waals surface area contributed by atoms with Crippen LogP contribution in [0.1, 0.15) is 35.9 Å². The highest BCUT2D eigenvalue weighted by Gasteiger charge is 2.18. The Hall–Kier alpha value is -4.13. The van der Waals surface area contributed by atoms with E-state index in [1.54, 1.807) is 48.5 Å². The van der Waals surface area contributed by atoms with E-state index in [0.29, 0.717) is 90.2 Å². The molecule has 0 unspecified atom stereocenters. The largest absolute Gasteiger partial charge is 0.508 e. The van der Waals surface area contributed by atoms with Crippen LogP contribution in [0.25, 0.3) is 86.7 Å². The maximum absolute atomic E-state index is 9.96. The number of alkyl halides is 8. The molecule has 0 amide bonds. The fraction of sp³-hybridized carbons (Fsp3) is 0.109. The van der Waals surface area contributed by atoms with Gasteiger partial charge in [-0.25, -0.2) is 0 Å². The first-order valence-corrected chi connectivity index (χ1v) is 52.7. The van der Waals surface area contributed by atoms with Crippen molar-refractivity contribution >= 4 is 423 Å². The van der Waals surface area contributed by atoms with Gasteiger partial charge in [-0.05, 0) is 224 Å². The number of nitrogens with zero attached hydrogens (tertiary/aromatic N) is 6. The number of hydrogen-bond donors (Lipinski definition) is 1. The summed E-state index contributed by atoms with van der Waals surface area (Å²) in [6.07, 6.45) is 0. The minimum atomic E-state index is -1.61. The molecule has 41 heteroatoms. The summed E-state index contributed by atoms with van der Waals surface area (Å²) in [6.45, 7) is 11.3. The molecule has 133 heavy (non-hydrogen) atoms. The van der Waals surface area contributed by atoms with E-state index in [0.717, 1.165) is 118 Å². The summed E-state index contributed by atoms with van der Waals surface area (Å²) in [5.41, 5.74) is 21.0. The van der Waals surface area contributed by atoms with Crippen molar-refractivity contribution in [1.29, 1.82) is 0 Å². The quantitative estimate of drug-likeness (QED) is 0.0385. The zero-order valence-electron chi connectivity index (χ0n) is 69.1. The monoisotopic (exact) mass is 2750 g/mol. The van der Waals surface area contributed by atoms with E-state index in [-0.39, 0.29) is 25.4 Å². The third kappa shape index (κ3) is 42.3. The summed E-state index contributed by atoms with van der Waals surface area (Å²) >= 11 is 115. The minimum absolute atomic E-state index is 0.175. The molecule has 0 fully saturated rings. The van der Waals surface area contributed by atoms with Gasteiger partial charge in [-0.3, -0.25) is 4.39 Å². The Morgan fingerprint density at radius 1 is 0.421 bits per heavy atom. The molecule has 0 atom stereocenters. The van der Waals surface area contributed by atoms with Gasteiger partial charge in [0.25, 0.3) is 3.25 Å². The molecule has 6 heterocycles. The standard InChI is InChI=1S/C18H15P.2C9H5Br2ClO.C9H7BrCl2O.2C9H5BrClN3O.2C9H6BrClO.C6H4BrClO.C3H4Cl2.CCl4.CH3F/c1-4-10-16(11-5-1)19(17-12-6-2-7-13-17)18-14-8-3-9-15-18;10-4-6-3-7-8(11)1-5(12)2-9(7)13-6;10-4-6-3-7-8(12)1-5(11)2-9(7)13-6;1-6(11)5-13-9-3-7(10)2-8(12)4-9;10-8-1-5(11)2-9-7(8)3-6(15-9)4-13-14-12;10-5-1-8(11)7-3-6(4-13-14-12)15-9(7)2-5;1-5-2-7-8(10)3-6(11)4-9(7)12-5;1-5-2-7-8(11)3-6(10)4-9(7)12-5;7-4-1-5(8)3-6(9)2-4;1-3(5)2-4;2-1(3,4)5;1-2/h1-15H;2*1-3H,4H2;2-4H,1,5H2;2*1-3H,4H2;2*2-4H,1H3;1-3,9H;1-2H2;;1H3/i;;;;;;;;;;;1D. The fourth-order valence-electron chi connectivity index (χ4n) is 10.8. The first-order valence-electron chi connectivity index (χ1n) is 37.6. The van der Waals surface area contributed by atoms with Gasteiger partial charge in [0, 0.05) is 131 Å². The number of allylic oxidation sites excluding steroid dienone is 1. The fourth-order valence-corrected chi connectivity index (χ4v) is 20.6.